The van der Waals surface area contributed by atoms with Gasteiger partial charge >= 0.3 is 0 Å². The van der Waals surface area contributed by atoms with Gasteiger partial charge in [-0.25, -0.2) is 0 Å². The number of nitrogens with one attached hydrogen (secondary N) is 1. The molecule has 2 fully saturated rings. The van der Waals surface area contributed by atoms with E-state index in [2.05, 4.69) is 27.2 Å². The van der Waals surface area contributed by atoms with E-state index in [0.717, 1.165) is 57.6 Å². The summed E-state index contributed by atoms with van der Waals surface area (Å²) in [6.07, 6.45) is 3.60. The first-order valence-corrected chi connectivity index (χ1v) is 9.61. The van der Waals surface area contributed by atoms with Crippen LogP contribution in [0.15, 0.2) is 17.4 Å². The molecule has 3 rings (SSSR count). The van der Waals surface area contributed by atoms with Gasteiger partial charge in [-0.05, 0) is 5.92 Å². The number of carbonyl (C=O) groups excluding carboxylic acids is 1. The Morgan fingerprint density at radius 1 is 1.32 bits per heavy atom. The van der Waals surface area contributed by atoms with Crippen molar-refractivity contribution in [3.63, 3.8) is 0 Å². The molecular weight excluding hydrogens is 473 g/mol. The molecule has 1 atom stereocenters. The summed E-state index contributed by atoms with van der Waals surface area (Å²) < 4.78 is 7.12. The lowest BCUT2D eigenvalue weighted by atomic mass is 10.1. The molecule has 0 radical (unpaired) electrons. The molecule has 1 aromatic heterocycles. The predicted molar refractivity (Wildman–Crippen MR) is 120 cm³/mol. The standard InChI is InChI=1S/C18H31N7O2.HI/c1-15(12-23-6-8-27-9-7-23)10-20-18(19-2)24-4-5-25(17(26)14-24)16-11-21-22(3)13-16;/h11,13,15H,4-10,12,14H2,1-3H3,(H,19,20);1H. The van der Waals surface area contributed by atoms with Crippen LogP contribution in [0.3, 0.4) is 0 Å². The largest absolute Gasteiger partial charge is 0.379 e. The molecule has 1 N–H and O–H groups in total. The molecule has 2 aliphatic heterocycles. The second-order valence-electron chi connectivity index (χ2n) is 7.29. The highest BCUT2D eigenvalue weighted by Crippen LogP contribution is 2.16. The summed E-state index contributed by atoms with van der Waals surface area (Å²) in [6, 6.07) is 0. The zero-order chi connectivity index (χ0) is 19.2. The average Bonchev–Trinajstić information content (AvgIpc) is 3.09. The molecule has 1 amide bonds. The summed E-state index contributed by atoms with van der Waals surface area (Å²) in [6.45, 7) is 9.48. The minimum Gasteiger partial charge on any atom is -0.379 e. The Morgan fingerprint density at radius 3 is 2.68 bits per heavy atom. The molecular formula is C18H32IN7O2. The number of ether oxygens (including phenoxy) is 1. The van der Waals surface area contributed by atoms with Crippen molar-refractivity contribution in [2.75, 3.05) is 71.0 Å². The van der Waals surface area contributed by atoms with Crippen LogP contribution in [0, 0.1) is 5.92 Å². The number of hydrogen-bond acceptors (Lipinski definition) is 5. The molecule has 2 aliphatic rings. The Bertz CT molecular complexity index is 660. The minimum absolute atomic E-state index is 0. The number of morpholine rings is 1. The average molecular weight is 505 g/mol. The smallest absolute Gasteiger partial charge is 0.246 e. The number of rotatable bonds is 5. The summed E-state index contributed by atoms with van der Waals surface area (Å²) >= 11 is 0. The van der Waals surface area contributed by atoms with Gasteiger partial charge in [0.15, 0.2) is 5.96 Å². The summed E-state index contributed by atoms with van der Waals surface area (Å²) in [5.74, 6) is 1.36. The summed E-state index contributed by atoms with van der Waals surface area (Å²) in [5.41, 5.74) is 0.851. The summed E-state index contributed by atoms with van der Waals surface area (Å²) in [7, 11) is 3.63. The van der Waals surface area contributed by atoms with Crippen LogP contribution in [-0.4, -0.2) is 97.5 Å². The first kappa shape index (κ1) is 22.9. The third kappa shape index (κ3) is 6.05. The molecule has 0 aliphatic carbocycles. The molecule has 1 unspecified atom stereocenters. The second-order valence-corrected chi connectivity index (χ2v) is 7.29. The maximum absolute atomic E-state index is 12.6. The van der Waals surface area contributed by atoms with E-state index in [1.165, 1.54) is 0 Å². The number of anilines is 1. The van der Waals surface area contributed by atoms with Crippen molar-refractivity contribution in [1.82, 2.24) is 24.9 Å². The lowest BCUT2D eigenvalue weighted by molar-refractivity contribution is -0.120. The van der Waals surface area contributed by atoms with Crippen molar-refractivity contribution in [3.8, 4) is 0 Å². The van der Waals surface area contributed by atoms with E-state index < -0.39 is 0 Å². The number of guanidine groups is 1. The lowest BCUT2D eigenvalue weighted by Crippen LogP contribution is -2.56. The van der Waals surface area contributed by atoms with E-state index in [0.29, 0.717) is 19.0 Å². The molecule has 158 valence electrons. The van der Waals surface area contributed by atoms with Gasteiger partial charge in [0.2, 0.25) is 5.91 Å². The van der Waals surface area contributed by atoms with Crippen molar-refractivity contribution in [2.24, 2.45) is 18.0 Å². The molecule has 0 spiro atoms. The highest BCUT2D eigenvalue weighted by Gasteiger charge is 2.27. The highest BCUT2D eigenvalue weighted by molar-refractivity contribution is 14.0. The summed E-state index contributed by atoms with van der Waals surface area (Å²) in [4.78, 5) is 23.2. The molecule has 3 heterocycles. The zero-order valence-electron chi connectivity index (χ0n) is 17.0. The molecule has 9 nitrogen and oxygen atoms in total. The maximum atomic E-state index is 12.6. The fourth-order valence-electron chi connectivity index (χ4n) is 3.56. The van der Waals surface area contributed by atoms with E-state index in [4.69, 9.17) is 4.74 Å². The monoisotopic (exact) mass is 505 g/mol. The van der Waals surface area contributed by atoms with Crippen LogP contribution in [-0.2, 0) is 16.6 Å². The van der Waals surface area contributed by atoms with Crippen molar-refractivity contribution in [1.29, 1.82) is 0 Å². The third-order valence-electron chi connectivity index (χ3n) is 5.02. The number of nitrogens with zero attached hydrogens (tertiary/aromatic N) is 6. The van der Waals surface area contributed by atoms with Gasteiger partial charge in [0, 0.05) is 59.6 Å². The lowest BCUT2D eigenvalue weighted by Gasteiger charge is -2.36. The fraction of sp³-hybridized carbons (Fsp3) is 0.722. The second kappa shape index (κ2) is 11.0. The Morgan fingerprint density at radius 2 is 2.07 bits per heavy atom. The van der Waals surface area contributed by atoms with Crippen molar-refractivity contribution in [3.05, 3.63) is 12.4 Å². The van der Waals surface area contributed by atoms with Gasteiger partial charge in [0.05, 0.1) is 25.1 Å². The zero-order valence-corrected chi connectivity index (χ0v) is 19.3. The number of piperazine rings is 1. The van der Waals surface area contributed by atoms with Crippen LogP contribution in [0.2, 0.25) is 0 Å². The summed E-state index contributed by atoms with van der Waals surface area (Å²) in [5, 5.41) is 7.59. The molecule has 28 heavy (non-hydrogen) atoms. The Balaban J connectivity index is 0.00000280. The van der Waals surface area contributed by atoms with Crippen LogP contribution in [0.25, 0.3) is 0 Å². The van der Waals surface area contributed by atoms with Gasteiger partial charge in [-0.15, -0.1) is 24.0 Å². The van der Waals surface area contributed by atoms with Gasteiger partial charge < -0.3 is 19.9 Å². The van der Waals surface area contributed by atoms with Crippen LogP contribution in [0.5, 0.6) is 0 Å². The molecule has 0 saturated carbocycles. The number of aliphatic imine (C=N–C) groups is 1. The van der Waals surface area contributed by atoms with E-state index >= 15 is 0 Å². The molecule has 10 heteroatoms. The van der Waals surface area contributed by atoms with Gasteiger partial charge in [-0.3, -0.25) is 19.4 Å². The van der Waals surface area contributed by atoms with E-state index in [-0.39, 0.29) is 29.9 Å². The predicted octanol–water partition coefficient (Wildman–Crippen LogP) is 0.230. The normalized spacial score (nSPS) is 20.1. The first-order valence-electron chi connectivity index (χ1n) is 9.61. The van der Waals surface area contributed by atoms with Crippen LogP contribution >= 0.6 is 24.0 Å². The number of aryl methyl sites for hydroxylation is 1. The Hall–Kier alpha value is -1.40. The van der Waals surface area contributed by atoms with Crippen LogP contribution in [0.1, 0.15) is 6.92 Å². The molecule has 0 bridgehead atoms. The fourth-order valence-corrected chi connectivity index (χ4v) is 3.56. The SMILES string of the molecule is CN=C(NCC(C)CN1CCOCC1)N1CCN(c2cnn(C)c2)C(=O)C1.I. The van der Waals surface area contributed by atoms with E-state index in [1.54, 1.807) is 22.8 Å². The Kier molecular flexibility index (Phi) is 8.96. The van der Waals surface area contributed by atoms with E-state index in [9.17, 15) is 4.79 Å². The van der Waals surface area contributed by atoms with Crippen molar-refractivity contribution >= 4 is 41.5 Å². The number of halogens is 1. The number of aromatic nitrogens is 2. The minimum atomic E-state index is 0. The third-order valence-corrected chi connectivity index (χ3v) is 5.02. The quantitative estimate of drug-likeness (QED) is 0.351. The van der Waals surface area contributed by atoms with E-state index in [1.807, 2.05) is 18.1 Å². The van der Waals surface area contributed by atoms with Gasteiger partial charge in [0.1, 0.15) is 6.54 Å². The molecule has 2 saturated heterocycles. The number of carbonyl (C=O) groups is 1. The first-order chi connectivity index (χ1) is 13.1. The van der Waals surface area contributed by atoms with Crippen LogP contribution in [0.4, 0.5) is 5.69 Å². The Labute approximate surface area is 184 Å². The van der Waals surface area contributed by atoms with Crippen molar-refractivity contribution in [2.45, 2.75) is 6.92 Å². The molecule has 1 aromatic rings. The van der Waals surface area contributed by atoms with Crippen molar-refractivity contribution < 1.29 is 9.53 Å². The van der Waals surface area contributed by atoms with Gasteiger partial charge in [0.25, 0.3) is 0 Å². The maximum Gasteiger partial charge on any atom is 0.246 e. The van der Waals surface area contributed by atoms with Gasteiger partial charge in [-0.1, -0.05) is 6.92 Å². The van der Waals surface area contributed by atoms with Gasteiger partial charge in [-0.2, -0.15) is 5.10 Å². The highest BCUT2D eigenvalue weighted by atomic mass is 127. The number of amides is 1. The molecule has 0 aromatic carbocycles. The number of hydrogen-bond donors (Lipinski definition) is 1. The topological polar surface area (TPSA) is 78.2 Å². The van der Waals surface area contributed by atoms with Crippen LogP contribution < -0.4 is 10.2 Å².